The van der Waals surface area contributed by atoms with E-state index in [1.807, 2.05) is 6.07 Å². The van der Waals surface area contributed by atoms with Gasteiger partial charge >= 0.3 is 0 Å². The van der Waals surface area contributed by atoms with Crippen LogP contribution >= 0.6 is 24.8 Å². The summed E-state index contributed by atoms with van der Waals surface area (Å²) in [6, 6.07) is 5.07. The van der Waals surface area contributed by atoms with Gasteiger partial charge in [0.15, 0.2) is 0 Å². The van der Waals surface area contributed by atoms with Gasteiger partial charge in [-0.25, -0.2) is 4.39 Å². The molecule has 2 saturated heterocycles. The first-order valence-electron chi connectivity index (χ1n) is 9.39. The Balaban J connectivity index is 0.00000131. The second-order valence-electron chi connectivity index (χ2n) is 7.39. The van der Waals surface area contributed by atoms with E-state index in [1.165, 1.54) is 31.4 Å². The summed E-state index contributed by atoms with van der Waals surface area (Å²) in [5.41, 5.74) is 1.33. The molecule has 1 saturated carbocycles. The number of amides is 1. The maximum Gasteiger partial charge on any atom is 0.241 e. The Morgan fingerprint density at radius 3 is 2.63 bits per heavy atom. The van der Waals surface area contributed by atoms with Crippen LogP contribution in [-0.2, 0) is 9.53 Å². The van der Waals surface area contributed by atoms with Gasteiger partial charge in [0.2, 0.25) is 5.91 Å². The SMILES string of the molecule is Cl.Cl.O=C(Nc1cc(F)cc(N2CCOCC2)c1)C1CC2CCCCC2N1. The molecule has 3 unspecified atom stereocenters. The van der Waals surface area contributed by atoms with Gasteiger partial charge in [-0.05, 0) is 43.4 Å². The number of ether oxygens (including phenoxy) is 1. The van der Waals surface area contributed by atoms with E-state index in [0.717, 1.165) is 31.6 Å². The van der Waals surface area contributed by atoms with Crippen molar-refractivity contribution in [2.24, 2.45) is 5.92 Å². The van der Waals surface area contributed by atoms with Crippen LogP contribution in [0.25, 0.3) is 0 Å². The van der Waals surface area contributed by atoms with Crippen LogP contribution in [0.5, 0.6) is 0 Å². The fourth-order valence-corrected chi connectivity index (χ4v) is 4.40. The molecule has 1 aliphatic carbocycles. The van der Waals surface area contributed by atoms with Crippen LogP contribution in [-0.4, -0.2) is 44.3 Å². The number of carbonyl (C=O) groups is 1. The maximum atomic E-state index is 14.0. The second-order valence-corrected chi connectivity index (χ2v) is 7.39. The van der Waals surface area contributed by atoms with E-state index in [-0.39, 0.29) is 42.6 Å². The fourth-order valence-electron chi connectivity index (χ4n) is 4.40. The molecule has 3 fully saturated rings. The summed E-state index contributed by atoms with van der Waals surface area (Å²) < 4.78 is 19.4. The number of anilines is 2. The molecule has 0 bridgehead atoms. The van der Waals surface area contributed by atoms with E-state index in [2.05, 4.69) is 15.5 Å². The van der Waals surface area contributed by atoms with Crippen LogP contribution in [0.15, 0.2) is 18.2 Å². The lowest BCUT2D eigenvalue weighted by molar-refractivity contribution is -0.117. The van der Waals surface area contributed by atoms with Gasteiger partial charge in [-0.3, -0.25) is 4.79 Å². The maximum absolute atomic E-state index is 14.0. The standard InChI is InChI=1S/C19H26FN3O2.2ClH/c20-14-10-15(12-16(11-14)23-5-7-25-8-6-23)21-19(24)18-9-13-3-1-2-4-17(13)22-18;;/h10-13,17-18,22H,1-9H2,(H,21,24);2*1H. The number of nitrogens with zero attached hydrogens (tertiary/aromatic N) is 1. The summed E-state index contributed by atoms with van der Waals surface area (Å²) in [6.07, 6.45) is 5.78. The molecule has 5 nitrogen and oxygen atoms in total. The first-order chi connectivity index (χ1) is 12.2. The molecule has 4 rings (SSSR count). The molecular formula is C19H28Cl2FN3O2. The molecule has 2 heterocycles. The predicted molar refractivity (Wildman–Crippen MR) is 110 cm³/mol. The Morgan fingerprint density at radius 1 is 1.15 bits per heavy atom. The number of nitrogens with one attached hydrogen (secondary N) is 2. The summed E-state index contributed by atoms with van der Waals surface area (Å²) in [5.74, 6) is 0.237. The zero-order valence-corrected chi connectivity index (χ0v) is 16.9. The van der Waals surface area contributed by atoms with Gasteiger partial charge in [-0.1, -0.05) is 12.8 Å². The lowest BCUT2D eigenvalue weighted by atomic mass is 9.85. The minimum absolute atomic E-state index is 0. The lowest BCUT2D eigenvalue weighted by Gasteiger charge is -2.29. The number of hydrogen-bond donors (Lipinski definition) is 2. The van der Waals surface area contributed by atoms with Crippen molar-refractivity contribution in [2.45, 2.75) is 44.2 Å². The van der Waals surface area contributed by atoms with E-state index in [0.29, 0.717) is 30.9 Å². The minimum atomic E-state index is -0.327. The molecule has 1 aromatic carbocycles. The molecular weight excluding hydrogens is 392 g/mol. The Hall–Kier alpha value is -1.08. The Labute approximate surface area is 172 Å². The molecule has 2 aliphatic heterocycles. The molecule has 3 aliphatic rings. The third kappa shape index (κ3) is 5.25. The number of carbonyl (C=O) groups excluding carboxylic acids is 1. The van der Waals surface area contributed by atoms with Crippen molar-refractivity contribution in [3.05, 3.63) is 24.0 Å². The number of benzene rings is 1. The first kappa shape index (κ1) is 22.2. The molecule has 27 heavy (non-hydrogen) atoms. The number of morpholine rings is 1. The van der Waals surface area contributed by atoms with Crippen LogP contribution in [0.4, 0.5) is 15.8 Å². The smallest absolute Gasteiger partial charge is 0.241 e. The third-order valence-corrected chi connectivity index (χ3v) is 5.71. The molecule has 152 valence electrons. The third-order valence-electron chi connectivity index (χ3n) is 5.71. The van der Waals surface area contributed by atoms with Crippen LogP contribution in [0.1, 0.15) is 32.1 Å². The molecule has 1 amide bonds. The van der Waals surface area contributed by atoms with E-state index >= 15 is 0 Å². The Kier molecular flexibility index (Phi) is 8.16. The van der Waals surface area contributed by atoms with E-state index < -0.39 is 0 Å². The summed E-state index contributed by atoms with van der Waals surface area (Å²) in [6.45, 7) is 2.77. The summed E-state index contributed by atoms with van der Waals surface area (Å²) in [4.78, 5) is 14.7. The number of halogens is 3. The summed E-state index contributed by atoms with van der Waals surface area (Å²) in [5, 5.41) is 6.39. The van der Waals surface area contributed by atoms with E-state index in [4.69, 9.17) is 4.74 Å². The van der Waals surface area contributed by atoms with Crippen molar-refractivity contribution in [1.82, 2.24) is 5.32 Å². The van der Waals surface area contributed by atoms with Crippen molar-refractivity contribution in [3.63, 3.8) is 0 Å². The fraction of sp³-hybridized carbons (Fsp3) is 0.632. The van der Waals surface area contributed by atoms with Gasteiger partial charge in [0, 0.05) is 30.5 Å². The second kappa shape index (κ2) is 9.92. The van der Waals surface area contributed by atoms with E-state index in [9.17, 15) is 9.18 Å². The predicted octanol–water partition coefficient (Wildman–Crippen LogP) is 3.37. The average molecular weight is 420 g/mol. The number of rotatable bonds is 3. The van der Waals surface area contributed by atoms with Gasteiger partial charge in [-0.15, -0.1) is 24.8 Å². The van der Waals surface area contributed by atoms with Crippen LogP contribution in [0, 0.1) is 11.7 Å². The Morgan fingerprint density at radius 2 is 1.89 bits per heavy atom. The van der Waals surface area contributed by atoms with Crippen molar-refractivity contribution in [2.75, 3.05) is 36.5 Å². The minimum Gasteiger partial charge on any atom is -0.378 e. The van der Waals surface area contributed by atoms with Gasteiger partial charge < -0.3 is 20.3 Å². The monoisotopic (exact) mass is 419 g/mol. The first-order valence-corrected chi connectivity index (χ1v) is 9.39. The zero-order valence-electron chi connectivity index (χ0n) is 15.3. The molecule has 0 spiro atoms. The van der Waals surface area contributed by atoms with Crippen LogP contribution in [0.2, 0.25) is 0 Å². The van der Waals surface area contributed by atoms with Gasteiger partial charge in [0.1, 0.15) is 5.82 Å². The topological polar surface area (TPSA) is 53.6 Å². The largest absolute Gasteiger partial charge is 0.378 e. The van der Waals surface area contributed by atoms with Gasteiger partial charge in [0.05, 0.1) is 19.3 Å². The summed E-state index contributed by atoms with van der Waals surface area (Å²) >= 11 is 0. The quantitative estimate of drug-likeness (QED) is 0.788. The van der Waals surface area contributed by atoms with Crippen molar-refractivity contribution >= 4 is 42.1 Å². The molecule has 1 aromatic rings. The van der Waals surface area contributed by atoms with Crippen molar-refractivity contribution < 1.29 is 13.9 Å². The molecule has 2 N–H and O–H groups in total. The zero-order chi connectivity index (χ0) is 17.2. The summed E-state index contributed by atoms with van der Waals surface area (Å²) in [7, 11) is 0. The van der Waals surface area contributed by atoms with Crippen LogP contribution < -0.4 is 15.5 Å². The highest BCUT2D eigenvalue weighted by molar-refractivity contribution is 5.95. The normalized spacial score (nSPS) is 27.1. The average Bonchev–Trinajstić information content (AvgIpc) is 3.06. The van der Waals surface area contributed by atoms with Crippen molar-refractivity contribution in [1.29, 1.82) is 0 Å². The highest BCUT2D eigenvalue weighted by atomic mass is 35.5. The highest BCUT2D eigenvalue weighted by Crippen LogP contribution is 2.33. The number of fused-ring (bicyclic) bond motifs is 1. The van der Waals surface area contributed by atoms with Gasteiger partial charge in [-0.2, -0.15) is 0 Å². The van der Waals surface area contributed by atoms with E-state index in [1.54, 1.807) is 0 Å². The molecule has 0 aromatic heterocycles. The Bertz CT molecular complexity index is 629. The van der Waals surface area contributed by atoms with Crippen LogP contribution in [0.3, 0.4) is 0 Å². The highest BCUT2D eigenvalue weighted by Gasteiger charge is 2.38. The molecule has 0 radical (unpaired) electrons. The lowest BCUT2D eigenvalue weighted by Crippen LogP contribution is -2.40. The van der Waals surface area contributed by atoms with Gasteiger partial charge in [0.25, 0.3) is 0 Å². The molecule has 3 atom stereocenters. The molecule has 8 heteroatoms. The number of hydrogen-bond acceptors (Lipinski definition) is 4. The van der Waals surface area contributed by atoms with Crippen molar-refractivity contribution in [3.8, 4) is 0 Å².